The van der Waals surface area contributed by atoms with Crippen molar-refractivity contribution in [2.45, 2.75) is 37.8 Å². The topological polar surface area (TPSA) is 51.2 Å². The van der Waals surface area contributed by atoms with Gasteiger partial charge in [0.25, 0.3) is 5.91 Å². The van der Waals surface area contributed by atoms with Crippen LogP contribution in [0.5, 0.6) is 5.88 Å². The number of hydrogen-bond acceptors (Lipinski definition) is 4. The van der Waals surface area contributed by atoms with Gasteiger partial charge in [0, 0.05) is 18.3 Å². The first-order valence-corrected chi connectivity index (χ1v) is 8.11. The van der Waals surface area contributed by atoms with Crippen molar-refractivity contribution in [3.63, 3.8) is 0 Å². The lowest BCUT2D eigenvalue weighted by molar-refractivity contribution is 0.0894. The Hall–Kier alpha value is -1.88. The van der Waals surface area contributed by atoms with E-state index in [4.69, 9.17) is 4.74 Å². The van der Waals surface area contributed by atoms with Gasteiger partial charge in [0.15, 0.2) is 0 Å². The van der Waals surface area contributed by atoms with Crippen molar-refractivity contribution in [3.8, 4) is 5.88 Å². The minimum Gasteiger partial charge on any atom is -0.474 e. The molecule has 2 heterocycles. The third-order valence-corrected chi connectivity index (χ3v) is 4.55. The monoisotopic (exact) mass is 302 g/mol. The van der Waals surface area contributed by atoms with Crippen LogP contribution in [-0.2, 0) is 0 Å². The van der Waals surface area contributed by atoms with Crippen molar-refractivity contribution in [3.05, 3.63) is 46.8 Å². The number of ether oxygens (including phenoxy) is 1. The summed E-state index contributed by atoms with van der Waals surface area (Å²) in [6.45, 7) is 0. The van der Waals surface area contributed by atoms with Gasteiger partial charge in [-0.25, -0.2) is 4.98 Å². The molecule has 3 rings (SSSR count). The molecule has 1 aliphatic rings. The summed E-state index contributed by atoms with van der Waals surface area (Å²) in [5.41, 5.74) is 0. The van der Waals surface area contributed by atoms with Crippen LogP contribution in [0.4, 0.5) is 0 Å². The second kappa shape index (κ2) is 6.72. The molecular weight excluding hydrogens is 284 g/mol. The molecule has 0 atom stereocenters. The molecular formula is C16H18N2O2S. The van der Waals surface area contributed by atoms with Crippen molar-refractivity contribution < 1.29 is 9.53 Å². The largest absolute Gasteiger partial charge is 0.474 e. The minimum atomic E-state index is 0.0408. The zero-order valence-corrected chi connectivity index (χ0v) is 12.5. The Labute approximate surface area is 128 Å². The molecule has 2 aromatic rings. The number of aromatic nitrogens is 1. The van der Waals surface area contributed by atoms with E-state index in [0.717, 1.165) is 30.6 Å². The lowest BCUT2D eigenvalue weighted by Gasteiger charge is -2.29. The highest BCUT2D eigenvalue weighted by molar-refractivity contribution is 7.12. The van der Waals surface area contributed by atoms with Gasteiger partial charge < -0.3 is 10.1 Å². The molecule has 0 saturated heterocycles. The summed E-state index contributed by atoms with van der Waals surface area (Å²) in [4.78, 5) is 17.0. The van der Waals surface area contributed by atoms with E-state index in [1.54, 1.807) is 6.20 Å². The third-order valence-electron chi connectivity index (χ3n) is 3.68. The summed E-state index contributed by atoms with van der Waals surface area (Å²) >= 11 is 1.48. The van der Waals surface area contributed by atoms with Crippen molar-refractivity contribution in [2.24, 2.45) is 0 Å². The number of amides is 1. The average Bonchev–Trinajstić information content (AvgIpc) is 3.05. The van der Waals surface area contributed by atoms with Crippen LogP contribution >= 0.6 is 11.3 Å². The third kappa shape index (κ3) is 3.82. The number of rotatable bonds is 4. The zero-order valence-electron chi connectivity index (χ0n) is 11.7. The number of hydrogen-bond donors (Lipinski definition) is 1. The second-order valence-corrected chi connectivity index (χ2v) is 6.16. The van der Waals surface area contributed by atoms with E-state index in [2.05, 4.69) is 10.3 Å². The quantitative estimate of drug-likeness (QED) is 0.943. The van der Waals surface area contributed by atoms with Gasteiger partial charge in [-0.2, -0.15) is 0 Å². The Morgan fingerprint density at radius 3 is 2.71 bits per heavy atom. The Morgan fingerprint density at radius 1 is 1.19 bits per heavy atom. The Balaban J connectivity index is 1.46. The van der Waals surface area contributed by atoms with E-state index in [-0.39, 0.29) is 18.1 Å². The molecule has 2 aromatic heterocycles. The first-order valence-electron chi connectivity index (χ1n) is 7.23. The number of nitrogens with zero attached hydrogens (tertiary/aromatic N) is 1. The Kier molecular flexibility index (Phi) is 4.50. The highest BCUT2D eigenvalue weighted by atomic mass is 32.1. The highest BCUT2D eigenvalue weighted by Gasteiger charge is 2.24. The van der Waals surface area contributed by atoms with E-state index < -0.39 is 0 Å². The van der Waals surface area contributed by atoms with Gasteiger partial charge in [0.05, 0.1) is 4.88 Å². The van der Waals surface area contributed by atoms with Crippen LogP contribution in [0.15, 0.2) is 41.9 Å². The number of carbonyl (C=O) groups is 1. The summed E-state index contributed by atoms with van der Waals surface area (Å²) in [6, 6.07) is 9.69. The predicted octanol–water partition coefficient (Wildman–Crippen LogP) is 3.26. The molecule has 1 aliphatic carbocycles. The summed E-state index contributed by atoms with van der Waals surface area (Å²) < 4.78 is 5.86. The van der Waals surface area contributed by atoms with Crippen LogP contribution in [0.25, 0.3) is 0 Å². The molecule has 0 unspecified atom stereocenters. The number of pyridine rings is 1. The zero-order chi connectivity index (χ0) is 14.5. The van der Waals surface area contributed by atoms with Crippen LogP contribution in [0.1, 0.15) is 35.4 Å². The van der Waals surface area contributed by atoms with Crippen LogP contribution < -0.4 is 10.1 Å². The summed E-state index contributed by atoms with van der Waals surface area (Å²) in [7, 11) is 0. The molecule has 0 spiro atoms. The molecule has 0 radical (unpaired) electrons. The second-order valence-electron chi connectivity index (χ2n) is 5.21. The van der Waals surface area contributed by atoms with Gasteiger partial charge in [0.2, 0.25) is 5.88 Å². The summed E-state index contributed by atoms with van der Waals surface area (Å²) in [5, 5.41) is 5.03. The Morgan fingerprint density at radius 2 is 2.05 bits per heavy atom. The number of carbonyl (C=O) groups excluding carboxylic acids is 1. The lowest BCUT2D eigenvalue weighted by Crippen LogP contribution is -2.39. The highest BCUT2D eigenvalue weighted by Crippen LogP contribution is 2.23. The maximum atomic E-state index is 12.0. The van der Waals surface area contributed by atoms with Crippen LogP contribution in [-0.4, -0.2) is 23.0 Å². The standard InChI is InChI=1S/C16H18N2O2S/c19-16(14-4-3-11-21-14)18-12-6-8-13(9-7-12)20-15-5-1-2-10-17-15/h1-5,10-13H,6-9H2,(H,18,19). The summed E-state index contributed by atoms with van der Waals surface area (Å²) in [5.74, 6) is 0.725. The van der Waals surface area contributed by atoms with E-state index in [1.807, 2.05) is 35.7 Å². The number of nitrogens with one attached hydrogen (secondary N) is 1. The maximum Gasteiger partial charge on any atom is 0.261 e. The smallest absolute Gasteiger partial charge is 0.261 e. The van der Waals surface area contributed by atoms with Gasteiger partial charge in [0.1, 0.15) is 6.10 Å². The molecule has 5 heteroatoms. The van der Waals surface area contributed by atoms with E-state index in [0.29, 0.717) is 5.88 Å². The molecule has 110 valence electrons. The predicted molar refractivity (Wildman–Crippen MR) is 82.7 cm³/mol. The van der Waals surface area contributed by atoms with Gasteiger partial charge >= 0.3 is 0 Å². The van der Waals surface area contributed by atoms with Crippen LogP contribution in [0.3, 0.4) is 0 Å². The van der Waals surface area contributed by atoms with Gasteiger partial charge in [-0.15, -0.1) is 11.3 Å². The lowest BCUT2D eigenvalue weighted by atomic mass is 9.93. The van der Waals surface area contributed by atoms with Gasteiger partial charge in [-0.3, -0.25) is 4.79 Å². The molecule has 0 bridgehead atoms. The van der Waals surface area contributed by atoms with Crippen LogP contribution in [0.2, 0.25) is 0 Å². The first-order chi connectivity index (χ1) is 10.3. The molecule has 21 heavy (non-hydrogen) atoms. The van der Waals surface area contributed by atoms with E-state index in [1.165, 1.54) is 11.3 Å². The molecule has 0 aliphatic heterocycles. The van der Waals surface area contributed by atoms with Gasteiger partial charge in [-0.05, 0) is 43.2 Å². The molecule has 1 fully saturated rings. The fourth-order valence-corrected chi connectivity index (χ4v) is 3.20. The average molecular weight is 302 g/mol. The number of thiophene rings is 1. The van der Waals surface area contributed by atoms with Gasteiger partial charge in [-0.1, -0.05) is 12.1 Å². The van der Waals surface area contributed by atoms with Crippen molar-refractivity contribution in [1.82, 2.24) is 10.3 Å². The van der Waals surface area contributed by atoms with Crippen molar-refractivity contribution >= 4 is 17.2 Å². The molecule has 1 saturated carbocycles. The van der Waals surface area contributed by atoms with E-state index >= 15 is 0 Å². The Bertz CT molecular complexity index is 563. The maximum absolute atomic E-state index is 12.0. The minimum absolute atomic E-state index is 0.0408. The fraction of sp³-hybridized carbons (Fsp3) is 0.375. The first kappa shape index (κ1) is 14.1. The molecule has 1 N–H and O–H groups in total. The van der Waals surface area contributed by atoms with Crippen molar-refractivity contribution in [1.29, 1.82) is 0 Å². The fourth-order valence-electron chi connectivity index (χ4n) is 2.58. The molecule has 0 aromatic carbocycles. The summed E-state index contributed by atoms with van der Waals surface area (Å²) in [6.07, 6.45) is 5.75. The van der Waals surface area contributed by atoms with Crippen LogP contribution in [0, 0.1) is 0 Å². The SMILES string of the molecule is O=C(NC1CCC(Oc2ccccn2)CC1)c1cccs1. The molecule has 4 nitrogen and oxygen atoms in total. The normalized spacial score (nSPS) is 21.7. The van der Waals surface area contributed by atoms with Crippen molar-refractivity contribution in [2.75, 3.05) is 0 Å². The van der Waals surface area contributed by atoms with E-state index in [9.17, 15) is 4.79 Å². The molecule has 1 amide bonds.